The molecule has 0 heterocycles. The van der Waals surface area contributed by atoms with Gasteiger partial charge >= 0.3 is 0 Å². The Labute approximate surface area is 49.2 Å². The van der Waals surface area contributed by atoms with Crippen LogP contribution in [0.15, 0.2) is 4.99 Å². The zero-order valence-corrected chi connectivity index (χ0v) is 5.88. The van der Waals surface area contributed by atoms with Crippen molar-refractivity contribution in [3.63, 3.8) is 0 Å². The molecular weight excluding hydrogens is 106 g/mol. The predicted molar refractivity (Wildman–Crippen MR) is 37.2 cm³/mol. The largest absolute Gasteiger partial charge is 0.286 e. The molecule has 0 radical (unpaired) electrons. The van der Waals surface area contributed by atoms with Gasteiger partial charge in [0.2, 0.25) is 0 Å². The zero-order chi connectivity index (χ0) is 5.70. The lowest BCUT2D eigenvalue weighted by atomic mass is 10.5. The summed E-state index contributed by atoms with van der Waals surface area (Å²) in [6.07, 6.45) is 3.11. The summed E-state index contributed by atoms with van der Waals surface area (Å²) in [6, 6.07) is 0. The van der Waals surface area contributed by atoms with Crippen LogP contribution in [0.3, 0.4) is 0 Å². The first-order valence-corrected chi connectivity index (χ1v) is 3.57. The van der Waals surface area contributed by atoms with E-state index in [2.05, 4.69) is 11.9 Å². The number of aliphatic imine (C=N–C) groups is 1. The third-order valence-electron chi connectivity index (χ3n) is 0.787. The molecule has 0 bridgehead atoms. The lowest BCUT2D eigenvalue weighted by Crippen LogP contribution is -1.84. The van der Waals surface area contributed by atoms with E-state index >= 15 is 0 Å². The third kappa shape index (κ3) is 2.68. The highest BCUT2D eigenvalue weighted by Crippen LogP contribution is 1.99. The lowest BCUT2D eigenvalue weighted by Gasteiger charge is -1.91. The standard InChI is InChI=1S/C5H11NS/c1-4-5(6-2)7-3/h4H2,1-3H3. The van der Waals surface area contributed by atoms with Crippen LogP contribution in [0.4, 0.5) is 0 Å². The average molecular weight is 117 g/mol. The van der Waals surface area contributed by atoms with E-state index in [1.165, 1.54) is 5.04 Å². The third-order valence-corrected chi connectivity index (χ3v) is 1.73. The van der Waals surface area contributed by atoms with Crippen molar-refractivity contribution in [3.05, 3.63) is 0 Å². The zero-order valence-electron chi connectivity index (χ0n) is 5.06. The van der Waals surface area contributed by atoms with Gasteiger partial charge in [-0.1, -0.05) is 6.92 Å². The molecule has 0 saturated heterocycles. The van der Waals surface area contributed by atoms with Crippen molar-refractivity contribution in [2.75, 3.05) is 13.3 Å². The monoisotopic (exact) mass is 117 g/mol. The maximum Gasteiger partial charge on any atom is 0.0667 e. The Bertz CT molecular complexity index is 62.5. The van der Waals surface area contributed by atoms with Gasteiger partial charge in [-0.3, -0.25) is 4.99 Å². The van der Waals surface area contributed by atoms with Crippen molar-refractivity contribution in [3.8, 4) is 0 Å². The molecular formula is C5H11NS. The summed E-state index contributed by atoms with van der Waals surface area (Å²) < 4.78 is 0. The molecule has 1 nitrogen and oxygen atoms in total. The van der Waals surface area contributed by atoms with Crippen molar-refractivity contribution >= 4 is 16.8 Å². The second kappa shape index (κ2) is 4.19. The molecule has 0 aliphatic carbocycles. The predicted octanol–water partition coefficient (Wildman–Crippen LogP) is 1.79. The maximum absolute atomic E-state index is 4.00. The minimum Gasteiger partial charge on any atom is -0.286 e. The molecule has 0 unspecified atom stereocenters. The molecule has 0 rings (SSSR count). The van der Waals surface area contributed by atoms with Crippen LogP contribution in [0.1, 0.15) is 13.3 Å². The van der Waals surface area contributed by atoms with E-state index in [4.69, 9.17) is 0 Å². The van der Waals surface area contributed by atoms with Gasteiger partial charge in [0.1, 0.15) is 0 Å². The van der Waals surface area contributed by atoms with Gasteiger partial charge in [-0.25, -0.2) is 0 Å². The molecule has 0 aliphatic heterocycles. The normalized spacial score (nSPS) is 12.1. The summed E-state index contributed by atoms with van der Waals surface area (Å²) >= 11 is 1.72. The Morgan fingerprint density at radius 1 is 1.71 bits per heavy atom. The second-order valence-electron chi connectivity index (χ2n) is 1.18. The van der Waals surface area contributed by atoms with Crippen molar-refractivity contribution in [1.29, 1.82) is 0 Å². The molecule has 0 aromatic rings. The molecule has 0 saturated carbocycles. The topological polar surface area (TPSA) is 12.4 Å². The van der Waals surface area contributed by atoms with Crippen LogP contribution < -0.4 is 0 Å². The number of hydrogen-bond donors (Lipinski definition) is 0. The van der Waals surface area contributed by atoms with Crippen molar-refractivity contribution < 1.29 is 0 Å². The molecule has 0 fully saturated rings. The molecule has 2 heteroatoms. The van der Waals surface area contributed by atoms with Crippen LogP contribution in [0.2, 0.25) is 0 Å². The summed E-state index contributed by atoms with van der Waals surface area (Å²) in [5, 5.41) is 1.22. The Morgan fingerprint density at radius 2 is 2.29 bits per heavy atom. The molecule has 0 aromatic heterocycles. The number of hydrogen-bond acceptors (Lipinski definition) is 2. The van der Waals surface area contributed by atoms with Gasteiger partial charge in [-0.05, 0) is 12.7 Å². The minimum absolute atomic E-state index is 1.07. The van der Waals surface area contributed by atoms with Gasteiger partial charge in [-0.2, -0.15) is 0 Å². The summed E-state index contributed by atoms with van der Waals surface area (Å²) in [5.41, 5.74) is 0. The summed E-state index contributed by atoms with van der Waals surface area (Å²) in [7, 11) is 1.83. The van der Waals surface area contributed by atoms with Crippen molar-refractivity contribution in [1.82, 2.24) is 0 Å². The molecule has 0 spiro atoms. The fourth-order valence-corrected chi connectivity index (χ4v) is 0.865. The van der Waals surface area contributed by atoms with Crippen LogP contribution in [0.5, 0.6) is 0 Å². The molecule has 0 N–H and O–H groups in total. The highest BCUT2D eigenvalue weighted by molar-refractivity contribution is 8.13. The van der Waals surface area contributed by atoms with Crippen LogP contribution in [-0.2, 0) is 0 Å². The van der Waals surface area contributed by atoms with E-state index in [-0.39, 0.29) is 0 Å². The first-order valence-electron chi connectivity index (χ1n) is 2.34. The Hall–Kier alpha value is 0.0200. The number of nitrogens with zero attached hydrogens (tertiary/aromatic N) is 1. The minimum atomic E-state index is 1.07. The summed E-state index contributed by atoms with van der Waals surface area (Å²) in [6.45, 7) is 2.11. The molecule has 0 aliphatic rings. The van der Waals surface area contributed by atoms with Crippen LogP contribution in [0.25, 0.3) is 0 Å². The van der Waals surface area contributed by atoms with E-state index in [1.54, 1.807) is 11.8 Å². The van der Waals surface area contributed by atoms with Crippen LogP contribution >= 0.6 is 11.8 Å². The van der Waals surface area contributed by atoms with E-state index < -0.39 is 0 Å². The number of thioether (sulfide) groups is 1. The van der Waals surface area contributed by atoms with Gasteiger partial charge in [0.05, 0.1) is 5.04 Å². The van der Waals surface area contributed by atoms with Gasteiger partial charge in [0, 0.05) is 7.05 Å². The highest BCUT2D eigenvalue weighted by Gasteiger charge is 1.85. The molecule has 0 amide bonds. The van der Waals surface area contributed by atoms with Gasteiger partial charge in [0.25, 0.3) is 0 Å². The quantitative estimate of drug-likeness (QED) is 0.377. The van der Waals surface area contributed by atoms with E-state index in [9.17, 15) is 0 Å². The second-order valence-corrected chi connectivity index (χ2v) is 2.05. The van der Waals surface area contributed by atoms with Gasteiger partial charge in [0.15, 0.2) is 0 Å². The van der Waals surface area contributed by atoms with Gasteiger partial charge in [-0.15, -0.1) is 11.8 Å². The lowest BCUT2D eigenvalue weighted by molar-refractivity contribution is 1.28. The first kappa shape index (κ1) is 7.02. The maximum atomic E-state index is 4.00. The fraction of sp³-hybridized carbons (Fsp3) is 0.800. The average Bonchev–Trinajstić information content (AvgIpc) is 1.72. The Morgan fingerprint density at radius 3 is 2.29 bits per heavy atom. The van der Waals surface area contributed by atoms with Gasteiger partial charge < -0.3 is 0 Å². The van der Waals surface area contributed by atoms with Crippen molar-refractivity contribution in [2.24, 2.45) is 4.99 Å². The molecule has 7 heavy (non-hydrogen) atoms. The highest BCUT2D eigenvalue weighted by atomic mass is 32.2. The molecule has 0 atom stereocenters. The van der Waals surface area contributed by atoms with E-state index in [0.29, 0.717) is 0 Å². The number of rotatable bonds is 1. The first-order chi connectivity index (χ1) is 3.35. The molecule has 0 aromatic carbocycles. The molecule has 42 valence electrons. The van der Waals surface area contributed by atoms with Crippen LogP contribution in [-0.4, -0.2) is 18.3 Å². The van der Waals surface area contributed by atoms with E-state index in [1.807, 2.05) is 13.3 Å². The fourth-order valence-electron chi connectivity index (χ4n) is 0.394. The summed E-state index contributed by atoms with van der Waals surface area (Å²) in [5.74, 6) is 0. The van der Waals surface area contributed by atoms with E-state index in [0.717, 1.165) is 6.42 Å². The Kier molecular flexibility index (Phi) is 4.20. The van der Waals surface area contributed by atoms with Crippen molar-refractivity contribution in [2.45, 2.75) is 13.3 Å². The Balaban J connectivity index is 3.38. The SMILES string of the molecule is CCC(=NC)SC. The summed E-state index contributed by atoms with van der Waals surface area (Å²) in [4.78, 5) is 4.00. The smallest absolute Gasteiger partial charge is 0.0667 e. The van der Waals surface area contributed by atoms with Crippen LogP contribution in [0, 0.1) is 0 Å².